The zero-order valence-electron chi connectivity index (χ0n) is 12.8. The molecule has 1 saturated carbocycles. The van der Waals surface area contributed by atoms with Crippen molar-refractivity contribution < 1.29 is 0 Å². The van der Waals surface area contributed by atoms with Crippen LogP contribution in [0.4, 0.5) is 0 Å². The molecule has 1 atom stereocenters. The van der Waals surface area contributed by atoms with E-state index in [9.17, 15) is 0 Å². The fraction of sp³-hybridized carbons (Fsp3) is 0.588. The lowest BCUT2D eigenvalue weighted by Crippen LogP contribution is -2.27. The predicted molar refractivity (Wildman–Crippen MR) is 83.7 cm³/mol. The second kappa shape index (κ2) is 5.21. The van der Waals surface area contributed by atoms with Crippen molar-refractivity contribution in [2.75, 3.05) is 0 Å². The summed E-state index contributed by atoms with van der Waals surface area (Å²) in [6.45, 7) is 8.70. The van der Waals surface area contributed by atoms with Gasteiger partial charge >= 0.3 is 0 Å². The van der Waals surface area contributed by atoms with Crippen LogP contribution < -0.4 is 5.32 Å². The molecule has 3 rings (SSSR count). The first kappa shape index (κ1) is 13.6. The first-order chi connectivity index (χ1) is 9.59. The van der Waals surface area contributed by atoms with E-state index in [1.807, 2.05) is 0 Å². The minimum Gasteiger partial charge on any atom is -0.308 e. The number of hydrogen-bond donors (Lipinski definition) is 1. The second-order valence-corrected chi connectivity index (χ2v) is 6.76. The van der Waals surface area contributed by atoms with Gasteiger partial charge in [-0.1, -0.05) is 32.0 Å². The molecule has 1 N–H and O–H groups in total. The summed E-state index contributed by atoms with van der Waals surface area (Å²) in [5.41, 5.74) is 2.94. The normalized spacial score (nSPS) is 21.6. The molecule has 1 aliphatic rings. The van der Waals surface area contributed by atoms with Gasteiger partial charge in [-0.05, 0) is 37.7 Å². The third-order valence-electron chi connectivity index (χ3n) is 4.56. The zero-order valence-corrected chi connectivity index (χ0v) is 12.8. The standard InChI is InChI=1S/C17H25N3/c1-4-20-16-8-6-5-7-14(16)15(19-20)12-18-13-9-10-17(2,3)11-13/h5-8,13,18H,4,9-12H2,1-3H3. The summed E-state index contributed by atoms with van der Waals surface area (Å²) < 4.78 is 2.10. The number of aryl methyl sites for hydroxylation is 1. The van der Waals surface area contributed by atoms with Crippen LogP contribution in [0.15, 0.2) is 24.3 Å². The Balaban J connectivity index is 1.75. The SMILES string of the molecule is CCn1nc(CNC2CCC(C)(C)C2)c2ccccc21. The fourth-order valence-corrected chi connectivity index (χ4v) is 3.42. The molecule has 1 aromatic heterocycles. The van der Waals surface area contributed by atoms with E-state index < -0.39 is 0 Å². The highest BCUT2D eigenvalue weighted by atomic mass is 15.3. The fourth-order valence-electron chi connectivity index (χ4n) is 3.42. The third-order valence-corrected chi connectivity index (χ3v) is 4.56. The maximum Gasteiger partial charge on any atom is 0.0841 e. The van der Waals surface area contributed by atoms with E-state index in [1.54, 1.807) is 0 Å². The van der Waals surface area contributed by atoms with E-state index in [0.717, 1.165) is 13.1 Å². The molecule has 0 aliphatic heterocycles. The largest absolute Gasteiger partial charge is 0.308 e. The number of nitrogens with one attached hydrogen (secondary N) is 1. The van der Waals surface area contributed by atoms with Crippen LogP contribution in [0, 0.1) is 5.41 Å². The number of fused-ring (bicyclic) bond motifs is 1. The highest BCUT2D eigenvalue weighted by Crippen LogP contribution is 2.37. The van der Waals surface area contributed by atoms with Crippen LogP contribution in [0.2, 0.25) is 0 Å². The maximum atomic E-state index is 4.76. The predicted octanol–water partition coefficient (Wildman–Crippen LogP) is 3.72. The highest BCUT2D eigenvalue weighted by molar-refractivity contribution is 5.81. The average molecular weight is 271 g/mol. The van der Waals surface area contributed by atoms with Crippen molar-refractivity contribution in [2.45, 2.75) is 59.2 Å². The van der Waals surface area contributed by atoms with Crippen LogP contribution >= 0.6 is 0 Å². The Bertz CT molecular complexity index is 597. The smallest absolute Gasteiger partial charge is 0.0841 e. The average Bonchev–Trinajstić information content (AvgIpc) is 2.97. The van der Waals surface area contributed by atoms with Crippen molar-refractivity contribution in [2.24, 2.45) is 5.41 Å². The van der Waals surface area contributed by atoms with Crippen LogP contribution in [0.1, 0.15) is 45.7 Å². The Morgan fingerprint density at radius 2 is 2.15 bits per heavy atom. The lowest BCUT2D eigenvalue weighted by atomic mass is 9.92. The number of hydrogen-bond acceptors (Lipinski definition) is 2. The molecule has 0 saturated heterocycles. The van der Waals surface area contributed by atoms with Crippen LogP contribution in [0.5, 0.6) is 0 Å². The molecule has 3 nitrogen and oxygen atoms in total. The van der Waals surface area contributed by atoms with Crippen LogP contribution in [0.3, 0.4) is 0 Å². The molecule has 1 aliphatic carbocycles. The van der Waals surface area contributed by atoms with Crippen molar-refractivity contribution in [1.82, 2.24) is 15.1 Å². The van der Waals surface area contributed by atoms with Gasteiger partial charge in [-0.2, -0.15) is 5.10 Å². The van der Waals surface area contributed by atoms with Gasteiger partial charge in [-0.25, -0.2) is 0 Å². The topological polar surface area (TPSA) is 29.9 Å². The third kappa shape index (κ3) is 2.59. The van der Waals surface area contributed by atoms with Gasteiger partial charge in [-0.15, -0.1) is 0 Å². The van der Waals surface area contributed by atoms with Gasteiger partial charge in [0.25, 0.3) is 0 Å². The Morgan fingerprint density at radius 1 is 1.35 bits per heavy atom. The van der Waals surface area contributed by atoms with Crippen molar-refractivity contribution in [1.29, 1.82) is 0 Å². The Morgan fingerprint density at radius 3 is 2.85 bits per heavy atom. The Hall–Kier alpha value is -1.35. The van der Waals surface area contributed by atoms with E-state index in [2.05, 4.69) is 55.0 Å². The summed E-state index contributed by atoms with van der Waals surface area (Å²) in [6.07, 6.45) is 3.90. The van der Waals surface area contributed by atoms with Crippen LogP contribution in [0.25, 0.3) is 10.9 Å². The summed E-state index contributed by atoms with van der Waals surface area (Å²) >= 11 is 0. The first-order valence-corrected chi connectivity index (χ1v) is 7.77. The van der Waals surface area contributed by atoms with Crippen molar-refractivity contribution in [3.8, 4) is 0 Å². The summed E-state index contributed by atoms with van der Waals surface area (Å²) in [4.78, 5) is 0. The molecule has 0 bridgehead atoms. The van der Waals surface area contributed by atoms with Crippen LogP contribution in [-0.4, -0.2) is 15.8 Å². The minimum atomic E-state index is 0.502. The van der Waals surface area contributed by atoms with Crippen molar-refractivity contribution in [3.63, 3.8) is 0 Å². The first-order valence-electron chi connectivity index (χ1n) is 7.77. The zero-order chi connectivity index (χ0) is 14.2. The lowest BCUT2D eigenvalue weighted by molar-refractivity contribution is 0.364. The monoisotopic (exact) mass is 271 g/mol. The number of nitrogens with zero attached hydrogens (tertiary/aromatic N) is 2. The molecule has 0 amide bonds. The van der Waals surface area contributed by atoms with Gasteiger partial charge < -0.3 is 5.32 Å². The summed E-state index contributed by atoms with van der Waals surface area (Å²) in [7, 11) is 0. The lowest BCUT2D eigenvalue weighted by Gasteiger charge is -2.17. The van der Waals surface area contributed by atoms with Gasteiger partial charge in [-0.3, -0.25) is 4.68 Å². The molecule has 0 radical (unpaired) electrons. The van der Waals surface area contributed by atoms with Gasteiger partial charge in [0, 0.05) is 24.5 Å². The van der Waals surface area contributed by atoms with Gasteiger partial charge in [0.1, 0.15) is 0 Å². The number of aromatic nitrogens is 2. The van der Waals surface area contributed by atoms with Gasteiger partial charge in [0.15, 0.2) is 0 Å². The molecule has 0 spiro atoms. The molecular formula is C17H25N3. The van der Waals surface area contributed by atoms with E-state index in [-0.39, 0.29) is 0 Å². The molecule has 1 aromatic carbocycles. The molecular weight excluding hydrogens is 246 g/mol. The molecule has 1 unspecified atom stereocenters. The molecule has 3 heteroatoms. The number of rotatable bonds is 4. The van der Waals surface area contributed by atoms with Crippen molar-refractivity contribution in [3.05, 3.63) is 30.0 Å². The van der Waals surface area contributed by atoms with Gasteiger partial charge in [0.05, 0.1) is 11.2 Å². The number of benzene rings is 1. The molecule has 2 aromatic rings. The maximum absolute atomic E-state index is 4.76. The minimum absolute atomic E-state index is 0.502. The van der Waals surface area contributed by atoms with E-state index in [4.69, 9.17) is 5.10 Å². The van der Waals surface area contributed by atoms with Crippen LogP contribution in [-0.2, 0) is 13.1 Å². The molecule has 108 valence electrons. The van der Waals surface area contributed by atoms with E-state index >= 15 is 0 Å². The van der Waals surface area contributed by atoms with Gasteiger partial charge in [0.2, 0.25) is 0 Å². The molecule has 1 fully saturated rings. The molecule has 1 heterocycles. The van der Waals surface area contributed by atoms with E-state index in [0.29, 0.717) is 11.5 Å². The Kier molecular flexibility index (Phi) is 3.55. The second-order valence-electron chi connectivity index (χ2n) is 6.76. The van der Waals surface area contributed by atoms with E-state index in [1.165, 1.54) is 35.9 Å². The molecule has 20 heavy (non-hydrogen) atoms. The number of para-hydroxylation sites is 1. The quantitative estimate of drug-likeness (QED) is 0.918. The Labute approximate surface area is 121 Å². The summed E-state index contributed by atoms with van der Waals surface area (Å²) in [5.74, 6) is 0. The highest BCUT2D eigenvalue weighted by Gasteiger charge is 2.30. The van der Waals surface area contributed by atoms with Crippen molar-refractivity contribution >= 4 is 10.9 Å². The summed E-state index contributed by atoms with van der Waals surface area (Å²) in [5, 5.41) is 9.76. The summed E-state index contributed by atoms with van der Waals surface area (Å²) in [6, 6.07) is 9.19.